The Morgan fingerprint density at radius 1 is 1.13 bits per heavy atom. The van der Waals surface area contributed by atoms with E-state index in [4.69, 9.17) is 9.84 Å². The molecule has 0 bridgehead atoms. The first-order valence-electron chi connectivity index (χ1n) is 10.3. The molecule has 1 heterocycles. The van der Waals surface area contributed by atoms with Crippen LogP contribution >= 0.6 is 0 Å². The number of benzene rings is 1. The average molecular weight is 406 g/mol. The predicted octanol–water partition coefficient (Wildman–Crippen LogP) is 3.80. The van der Waals surface area contributed by atoms with E-state index in [2.05, 4.69) is 22.1 Å². The van der Waals surface area contributed by atoms with Crippen LogP contribution in [0.1, 0.15) is 60.1 Å². The number of hydrogen-bond acceptors (Lipinski definition) is 4. The fourth-order valence-corrected chi connectivity index (χ4v) is 2.81. The fraction of sp³-hybridized carbons (Fsp3) is 0.375. The molecule has 1 aromatic heterocycles. The minimum atomic E-state index is -0.770. The highest BCUT2D eigenvalue weighted by molar-refractivity contribution is 5.93. The molecule has 0 spiro atoms. The number of unbranched alkanes of at least 4 members (excludes halogenated alkanes) is 2. The van der Waals surface area contributed by atoms with E-state index in [1.54, 1.807) is 18.3 Å². The van der Waals surface area contributed by atoms with Crippen molar-refractivity contribution in [1.82, 2.24) is 10.3 Å². The third-order valence-corrected chi connectivity index (χ3v) is 4.71. The van der Waals surface area contributed by atoms with Crippen molar-refractivity contribution in [2.24, 2.45) is 5.92 Å². The van der Waals surface area contributed by atoms with E-state index in [1.165, 1.54) is 12.8 Å². The lowest BCUT2D eigenvalue weighted by atomic mass is 10.2. The van der Waals surface area contributed by atoms with Crippen LogP contribution in [0.5, 0.6) is 5.75 Å². The van der Waals surface area contributed by atoms with Gasteiger partial charge in [0.25, 0.3) is 5.91 Å². The zero-order valence-electron chi connectivity index (χ0n) is 16.9. The Balaban J connectivity index is 1.46. The number of carboxylic acid groups (broad SMARTS) is 1. The maximum absolute atomic E-state index is 12.4. The van der Waals surface area contributed by atoms with E-state index in [0.717, 1.165) is 24.2 Å². The summed E-state index contributed by atoms with van der Waals surface area (Å²) in [6, 6.07) is 11.1. The molecule has 30 heavy (non-hydrogen) atoms. The average Bonchev–Trinajstić information content (AvgIpc) is 3.58. The second kappa shape index (κ2) is 11.0. The van der Waals surface area contributed by atoms with Crippen LogP contribution in [0.4, 0.5) is 0 Å². The van der Waals surface area contributed by atoms with Gasteiger partial charge in [-0.15, -0.1) is 0 Å². The molecule has 0 atom stereocenters. The van der Waals surface area contributed by atoms with Crippen LogP contribution in [-0.4, -0.2) is 28.6 Å². The van der Waals surface area contributed by atoms with Gasteiger partial charge in [-0.25, -0.2) is 4.98 Å². The Hall–Kier alpha value is -3.33. The first-order chi connectivity index (χ1) is 14.6. The summed E-state index contributed by atoms with van der Waals surface area (Å²) >= 11 is 0. The molecule has 1 aromatic carbocycles. The highest BCUT2D eigenvalue weighted by atomic mass is 16.5. The van der Waals surface area contributed by atoms with Crippen molar-refractivity contribution in [1.29, 1.82) is 0 Å². The number of nitrogens with zero attached hydrogens (tertiary/aromatic N) is 1. The van der Waals surface area contributed by atoms with Gasteiger partial charge in [-0.2, -0.15) is 0 Å². The van der Waals surface area contributed by atoms with Crippen molar-refractivity contribution in [2.45, 2.75) is 45.1 Å². The van der Waals surface area contributed by atoms with E-state index < -0.39 is 5.97 Å². The molecule has 6 heteroatoms. The topological polar surface area (TPSA) is 88.5 Å². The third kappa shape index (κ3) is 7.25. The Labute approximate surface area is 176 Å². The summed E-state index contributed by atoms with van der Waals surface area (Å²) in [7, 11) is 0. The second-order valence-corrected chi connectivity index (χ2v) is 7.32. The lowest BCUT2D eigenvalue weighted by molar-refractivity contribution is -0.137. The second-order valence-electron chi connectivity index (χ2n) is 7.32. The number of carbonyl (C=O) groups is 2. The predicted molar refractivity (Wildman–Crippen MR) is 113 cm³/mol. The number of ether oxygens (including phenoxy) is 1. The molecule has 2 aromatic rings. The van der Waals surface area contributed by atoms with Crippen molar-refractivity contribution >= 4 is 11.9 Å². The van der Waals surface area contributed by atoms with Gasteiger partial charge >= 0.3 is 5.97 Å². The Morgan fingerprint density at radius 3 is 2.70 bits per heavy atom. The van der Waals surface area contributed by atoms with Crippen LogP contribution in [0.25, 0.3) is 0 Å². The quantitative estimate of drug-likeness (QED) is 0.463. The number of nitrogens with one attached hydrogen (secondary N) is 1. The molecule has 0 saturated heterocycles. The Bertz CT molecular complexity index is 924. The number of hydrogen-bond donors (Lipinski definition) is 2. The van der Waals surface area contributed by atoms with Gasteiger partial charge in [-0.3, -0.25) is 9.59 Å². The number of aliphatic carboxylic acids is 1. The standard InChI is InChI=1S/C24H26N2O4/c27-23(28)8-2-1-5-15-30-22-7-4-3-6-19(22)16-26-24(29)20-12-14-21(25-17-20)13-11-18-9-10-18/h3-4,6-7,12,14,17-18H,1-2,5,8-10,15-16H2,(H,26,29)(H,27,28). The normalized spacial score (nSPS) is 12.5. The van der Waals surface area contributed by atoms with Gasteiger partial charge in [-0.1, -0.05) is 24.1 Å². The zero-order chi connectivity index (χ0) is 21.2. The molecule has 2 N–H and O–H groups in total. The van der Waals surface area contributed by atoms with Crippen LogP contribution < -0.4 is 10.1 Å². The Kier molecular flexibility index (Phi) is 7.85. The summed E-state index contributed by atoms with van der Waals surface area (Å²) in [6.07, 6.45) is 6.31. The number of aromatic nitrogens is 1. The first kappa shape index (κ1) is 21.4. The SMILES string of the molecule is O=C(O)CCCCCOc1ccccc1CNC(=O)c1ccc(C#CC2CC2)nc1. The van der Waals surface area contributed by atoms with Crippen molar-refractivity contribution in [2.75, 3.05) is 6.61 Å². The monoisotopic (exact) mass is 406 g/mol. The van der Waals surface area contributed by atoms with Gasteiger partial charge in [0.05, 0.1) is 12.2 Å². The summed E-state index contributed by atoms with van der Waals surface area (Å²) < 4.78 is 5.82. The number of carboxylic acids is 1. The summed E-state index contributed by atoms with van der Waals surface area (Å²) in [5.74, 6) is 6.46. The van der Waals surface area contributed by atoms with Gasteiger partial charge in [0.15, 0.2) is 0 Å². The van der Waals surface area contributed by atoms with Gasteiger partial charge < -0.3 is 15.2 Å². The molecule has 3 rings (SSSR count). The molecular weight excluding hydrogens is 380 g/mol. The largest absolute Gasteiger partial charge is 0.493 e. The molecule has 0 unspecified atom stereocenters. The number of amides is 1. The van der Waals surface area contributed by atoms with E-state index in [-0.39, 0.29) is 12.3 Å². The number of rotatable bonds is 10. The number of pyridine rings is 1. The van der Waals surface area contributed by atoms with E-state index in [9.17, 15) is 9.59 Å². The van der Waals surface area contributed by atoms with Crippen LogP contribution in [0.2, 0.25) is 0 Å². The molecule has 6 nitrogen and oxygen atoms in total. The highest BCUT2D eigenvalue weighted by Gasteiger charge is 2.17. The van der Waals surface area contributed by atoms with Crippen LogP contribution in [0, 0.1) is 17.8 Å². The first-order valence-corrected chi connectivity index (χ1v) is 10.3. The fourth-order valence-electron chi connectivity index (χ4n) is 2.81. The molecule has 156 valence electrons. The molecule has 1 aliphatic carbocycles. The maximum Gasteiger partial charge on any atom is 0.303 e. The Morgan fingerprint density at radius 2 is 1.97 bits per heavy atom. The molecule has 1 fully saturated rings. The molecule has 0 radical (unpaired) electrons. The van der Waals surface area contributed by atoms with Crippen molar-refractivity contribution in [3.63, 3.8) is 0 Å². The van der Waals surface area contributed by atoms with Gasteiger partial charge in [0, 0.05) is 30.6 Å². The lowest BCUT2D eigenvalue weighted by Gasteiger charge is -2.12. The molecular formula is C24H26N2O4. The van der Waals surface area contributed by atoms with Gasteiger partial charge in [0.1, 0.15) is 11.4 Å². The van der Waals surface area contributed by atoms with Crippen molar-refractivity contribution in [3.05, 3.63) is 59.4 Å². The highest BCUT2D eigenvalue weighted by Crippen LogP contribution is 2.27. The van der Waals surface area contributed by atoms with E-state index >= 15 is 0 Å². The van der Waals surface area contributed by atoms with Crippen LogP contribution in [-0.2, 0) is 11.3 Å². The summed E-state index contributed by atoms with van der Waals surface area (Å²) in [6.45, 7) is 0.856. The molecule has 0 aliphatic heterocycles. The lowest BCUT2D eigenvalue weighted by Crippen LogP contribution is -2.23. The van der Waals surface area contributed by atoms with Crippen molar-refractivity contribution < 1.29 is 19.4 Å². The molecule has 1 saturated carbocycles. The van der Waals surface area contributed by atoms with Crippen LogP contribution in [0.15, 0.2) is 42.6 Å². The minimum absolute atomic E-state index is 0.186. The summed E-state index contributed by atoms with van der Waals surface area (Å²) in [5, 5.41) is 11.6. The van der Waals surface area contributed by atoms with Crippen molar-refractivity contribution in [3.8, 4) is 17.6 Å². The number of carbonyl (C=O) groups excluding carboxylic acids is 1. The number of para-hydroxylation sites is 1. The summed E-state index contributed by atoms with van der Waals surface area (Å²) in [4.78, 5) is 27.2. The van der Waals surface area contributed by atoms with E-state index in [1.807, 2.05) is 24.3 Å². The maximum atomic E-state index is 12.4. The zero-order valence-corrected chi connectivity index (χ0v) is 16.9. The molecule has 1 aliphatic rings. The summed E-state index contributed by atoms with van der Waals surface area (Å²) in [5.41, 5.74) is 2.06. The smallest absolute Gasteiger partial charge is 0.303 e. The van der Waals surface area contributed by atoms with Gasteiger partial charge in [-0.05, 0) is 56.2 Å². The van der Waals surface area contributed by atoms with E-state index in [0.29, 0.717) is 36.7 Å². The van der Waals surface area contributed by atoms with Crippen LogP contribution in [0.3, 0.4) is 0 Å². The molecule has 1 amide bonds. The third-order valence-electron chi connectivity index (χ3n) is 4.71. The van der Waals surface area contributed by atoms with Gasteiger partial charge in [0.2, 0.25) is 0 Å². The minimum Gasteiger partial charge on any atom is -0.493 e.